The van der Waals surface area contributed by atoms with Gasteiger partial charge in [0.2, 0.25) is 0 Å². The summed E-state index contributed by atoms with van der Waals surface area (Å²) < 4.78 is 0. The summed E-state index contributed by atoms with van der Waals surface area (Å²) in [6, 6.07) is 16.9. The topological polar surface area (TPSA) is 103 Å². The monoisotopic (exact) mass is 349 g/mol. The minimum Gasteiger partial charge on any atom is -0.478 e. The number of aromatic nitrogens is 1. The number of carboxylic acids is 1. The second-order valence-corrected chi connectivity index (χ2v) is 6.01. The average molecular weight is 349 g/mol. The van der Waals surface area contributed by atoms with Crippen LogP contribution in [0.15, 0.2) is 54.6 Å². The summed E-state index contributed by atoms with van der Waals surface area (Å²) in [6.07, 6.45) is 0. The molecule has 0 unspecified atom stereocenters. The van der Waals surface area contributed by atoms with Crippen LogP contribution in [0.3, 0.4) is 0 Å². The van der Waals surface area contributed by atoms with Crippen LogP contribution in [0.4, 0.5) is 5.13 Å². The Balaban J connectivity index is 1.83. The summed E-state index contributed by atoms with van der Waals surface area (Å²) in [5.74, 6) is -1.48. The molecule has 0 aliphatic carbocycles. The normalized spacial score (nSPS) is 10.0. The zero-order chi connectivity index (χ0) is 17.8. The molecule has 0 fully saturated rings. The first-order chi connectivity index (χ1) is 12.1. The minimum atomic E-state index is -1.06. The maximum Gasteiger partial charge on any atom is 0.335 e. The van der Waals surface area contributed by atoms with Gasteiger partial charge in [0, 0.05) is 11.1 Å². The number of nitrogens with one attached hydrogen (secondary N) is 1. The van der Waals surface area contributed by atoms with Gasteiger partial charge >= 0.3 is 5.97 Å². The highest BCUT2D eigenvalue weighted by atomic mass is 32.1. The quantitative estimate of drug-likeness (QED) is 0.748. The molecule has 0 saturated carbocycles. The van der Waals surface area contributed by atoms with Gasteiger partial charge in [-0.1, -0.05) is 41.7 Å². The number of nitriles is 1. The van der Waals surface area contributed by atoms with Gasteiger partial charge in [0.25, 0.3) is 5.91 Å². The van der Waals surface area contributed by atoms with E-state index in [4.69, 9.17) is 5.11 Å². The summed E-state index contributed by atoms with van der Waals surface area (Å²) in [4.78, 5) is 27.8. The lowest BCUT2D eigenvalue weighted by atomic mass is 10.1. The van der Waals surface area contributed by atoms with E-state index in [9.17, 15) is 14.9 Å². The average Bonchev–Trinajstić information content (AvgIpc) is 3.05. The van der Waals surface area contributed by atoms with Gasteiger partial charge in [-0.15, -0.1) is 0 Å². The molecule has 6 nitrogen and oxygen atoms in total. The van der Waals surface area contributed by atoms with Crippen LogP contribution in [-0.4, -0.2) is 22.0 Å². The van der Waals surface area contributed by atoms with Crippen molar-refractivity contribution in [2.45, 2.75) is 0 Å². The maximum absolute atomic E-state index is 12.3. The Hall–Kier alpha value is -3.50. The van der Waals surface area contributed by atoms with Crippen molar-refractivity contribution in [3.63, 3.8) is 0 Å². The molecule has 1 amide bonds. The van der Waals surface area contributed by atoms with Gasteiger partial charge in [0.05, 0.1) is 5.56 Å². The molecular weight excluding hydrogens is 338 g/mol. The highest BCUT2D eigenvalue weighted by Gasteiger charge is 2.15. The van der Waals surface area contributed by atoms with E-state index in [1.165, 1.54) is 24.3 Å². The molecule has 3 aromatic rings. The van der Waals surface area contributed by atoms with Crippen molar-refractivity contribution in [3.05, 3.63) is 70.6 Å². The van der Waals surface area contributed by atoms with Gasteiger partial charge in [-0.3, -0.25) is 10.1 Å². The Morgan fingerprint density at radius 2 is 1.68 bits per heavy atom. The van der Waals surface area contributed by atoms with E-state index in [1.54, 1.807) is 0 Å². The van der Waals surface area contributed by atoms with Crippen LogP contribution < -0.4 is 5.32 Å². The first kappa shape index (κ1) is 16.4. The molecule has 0 bridgehead atoms. The largest absolute Gasteiger partial charge is 0.478 e. The lowest BCUT2D eigenvalue weighted by molar-refractivity contribution is 0.0696. The molecule has 0 atom stereocenters. The van der Waals surface area contributed by atoms with Crippen molar-refractivity contribution < 1.29 is 14.7 Å². The third-order valence-corrected chi connectivity index (χ3v) is 4.27. The minimum absolute atomic E-state index is 0.101. The fourth-order valence-electron chi connectivity index (χ4n) is 2.17. The molecule has 0 spiro atoms. The van der Waals surface area contributed by atoms with Gasteiger partial charge in [-0.05, 0) is 24.3 Å². The van der Waals surface area contributed by atoms with Crippen molar-refractivity contribution in [1.29, 1.82) is 5.26 Å². The standard InChI is InChI=1S/C18H11N3O3S/c19-10-14-15(11-4-2-1-3-5-11)20-18(25-14)21-16(22)12-6-8-13(9-7-12)17(23)24/h1-9H,(H,23,24)(H,20,21,22). The number of hydrogen-bond donors (Lipinski definition) is 2. The van der Waals surface area contributed by atoms with Gasteiger partial charge in [0.15, 0.2) is 5.13 Å². The first-order valence-electron chi connectivity index (χ1n) is 7.19. The lowest BCUT2D eigenvalue weighted by Crippen LogP contribution is -2.12. The lowest BCUT2D eigenvalue weighted by Gasteiger charge is -2.02. The number of thiazole rings is 1. The fourth-order valence-corrected chi connectivity index (χ4v) is 2.95. The molecular formula is C18H11N3O3S. The molecule has 0 aliphatic rings. The number of benzene rings is 2. The Morgan fingerprint density at radius 1 is 1.04 bits per heavy atom. The number of hydrogen-bond acceptors (Lipinski definition) is 5. The number of anilines is 1. The van der Waals surface area contributed by atoms with E-state index in [0.717, 1.165) is 16.9 Å². The molecule has 0 radical (unpaired) electrons. The first-order valence-corrected chi connectivity index (χ1v) is 8.01. The number of carbonyl (C=O) groups excluding carboxylic acids is 1. The van der Waals surface area contributed by atoms with Crippen LogP contribution in [0.5, 0.6) is 0 Å². The van der Waals surface area contributed by atoms with E-state index in [1.807, 2.05) is 30.3 Å². The summed E-state index contributed by atoms with van der Waals surface area (Å²) in [5.41, 5.74) is 1.72. The molecule has 0 saturated heterocycles. The van der Waals surface area contributed by atoms with E-state index in [2.05, 4.69) is 16.4 Å². The van der Waals surface area contributed by atoms with Crippen LogP contribution in [0, 0.1) is 11.3 Å². The summed E-state index contributed by atoms with van der Waals surface area (Å²) in [7, 11) is 0. The van der Waals surface area contributed by atoms with Crippen molar-refractivity contribution in [3.8, 4) is 17.3 Å². The smallest absolute Gasteiger partial charge is 0.335 e. The van der Waals surface area contributed by atoms with Gasteiger partial charge in [-0.2, -0.15) is 5.26 Å². The van der Waals surface area contributed by atoms with Gasteiger partial charge in [0.1, 0.15) is 16.6 Å². The number of rotatable bonds is 4. The number of aromatic carboxylic acids is 1. The Bertz CT molecular complexity index is 973. The molecule has 2 N–H and O–H groups in total. The molecule has 7 heteroatoms. The van der Waals surface area contributed by atoms with Crippen molar-refractivity contribution in [2.75, 3.05) is 5.32 Å². The highest BCUT2D eigenvalue weighted by molar-refractivity contribution is 7.16. The molecule has 122 valence electrons. The van der Waals surface area contributed by atoms with E-state index >= 15 is 0 Å². The van der Waals surface area contributed by atoms with Crippen LogP contribution in [0.1, 0.15) is 25.6 Å². The molecule has 3 rings (SSSR count). The van der Waals surface area contributed by atoms with E-state index < -0.39 is 11.9 Å². The SMILES string of the molecule is N#Cc1sc(NC(=O)c2ccc(C(=O)O)cc2)nc1-c1ccccc1. The predicted molar refractivity (Wildman–Crippen MR) is 93.6 cm³/mol. The van der Waals surface area contributed by atoms with Gasteiger partial charge < -0.3 is 5.11 Å². The van der Waals surface area contributed by atoms with Crippen molar-refractivity contribution in [1.82, 2.24) is 4.98 Å². The molecule has 2 aromatic carbocycles. The molecule has 0 aliphatic heterocycles. The summed E-state index contributed by atoms with van der Waals surface area (Å²) in [6.45, 7) is 0. The number of carboxylic acid groups (broad SMARTS) is 1. The van der Waals surface area contributed by atoms with E-state index in [0.29, 0.717) is 21.3 Å². The predicted octanol–water partition coefficient (Wildman–Crippen LogP) is 3.63. The zero-order valence-electron chi connectivity index (χ0n) is 12.8. The molecule has 1 heterocycles. The van der Waals surface area contributed by atoms with Gasteiger partial charge in [-0.25, -0.2) is 9.78 Å². The van der Waals surface area contributed by atoms with Crippen molar-refractivity contribution >= 4 is 28.3 Å². The number of nitrogens with zero attached hydrogens (tertiary/aromatic N) is 2. The number of carbonyl (C=O) groups is 2. The van der Waals surface area contributed by atoms with E-state index in [-0.39, 0.29) is 5.56 Å². The Morgan fingerprint density at radius 3 is 2.28 bits per heavy atom. The van der Waals surface area contributed by atoms with Crippen molar-refractivity contribution in [2.24, 2.45) is 0 Å². The fraction of sp³-hybridized carbons (Fsp3) is 0. The van der Waals surface area contributed by atoms with Crippen LogP contribution in [0.2, 0.25) is 0 Å². The number of amides is 1. The summed E-state index contributed by atoms with van der Waals surface area (Å²) in [5, 5.41) is 21.1. The second kappa shape index (κ2) is 6.95. The van der Waals surface area contributed by atoms with Crippen LogP contribution in [-0.2, 0) is 0 Å². The zero-order valence-corrected chi connectivity index (χ0v) is 13.6. The van der Waals surface area contributed by atoms with Crippen LogP contribution >= 0.6 is 11.3 Å². The highest BCUT2D eigenvalue weighted by Crippen LogP contribution is 2.30. The summed E-state index contributed by atoms with van der Waals surface area (Å²) >= 11 is 1.09. The maximum atomic E-state index is 12.3. The molecule has 1 aromatic heterocycles. The molecule has 25 heavy (non-hydrogen) atoms. The Labute approximate surface area is 147 Å². The van der Waals surface area contributed by atoms with Crippen LogP contribution in [0.25, 0.3) is 11.3 Å². The third kappa shape index (κ3) is 3.54. The Kier molecular flexibility index (Phi) is 4.55. The third-order valence-electron chi connectivity index (χ3n) is 3.39. The second-order valence-electron chi connectivity index (χ2n) is 5.01.